The molecule has 1 rings (SSSR count). The van der Waals surface area contributed by atoms with E-state index >= 15 is 0 Å². The number of alkyl halides is 3. The lowest BCUT2D eigenvalue weighted by atomic mass is 10.1. The highest BCUT2D eigenvalue weighted by Crippen LogP contribution is 2.29. The van der Waals surface area contributed by atoms with Crippen molar-refractivity contribution in [3.05, 3.63) is 35.4 Å². The van der Waals surface area contributed by atoms with Crippen LogP contribution in [0.25, 0.3) is 0 Å². The van der Waals surface area contributed by atoms with E-state index in [0.29, 0.717) is 37.6 Å². The topological polar surface area (TPSA) is 82.6 Å². The Hall–Kier alpha value is -1.81. The number of aliphatic imine (C=N–C) groups is 1. The summed E-state index contributed by atoms with van der Waals surface area (Å²) in [4.78, 5) is 4.30. The first-order chi connectivity index (χ1) is 11.6. The molecular formula is C15H23F3N4O2S. The fourth-order valence-corrected chi connectivity index (χ4v) is 2.38. The molecule has 10 heteroatoms. The maximum atomic E-state index is 12.5. The summed E-state index contributed by atoms with van der Waals surface area (Å²) in [5.41, 5.74) is -0.0346. The van der Waals surface area contributed by atoms with Crippen LogP contribution in [0.3, 0.4) is 0 Å². The van der Waals surface area contributed by atoms with E-state index in [9.17, 15) is 21.6 Å². The highest BCUT2D eigenvalue weighted by molar-refractivity contribution is 7.88. The summed E-state index contributed by atoms with van der Waals surface area (Å²) in [5, 5.41) is 6.05. The Morgan fingerprint density at radius 3 is 2.28 bits per heavy atom. The Balaban J connectivity index is 2.52. The van der Waals surface area contributed by atoms with Crippen molar-refractivity contribution < 1.29 is 21.6 Å². The van der Waals surface area contributed by atoms with Gasteiger partial charge in [0.05, 0.1) is 18.4 Å². The maximum Gasteiger partial charge on any atom is 0.416 e. The molecule has 0 atom stereocenters. The summed E-state index contributed by atoms with van der Waals surface area (Å²) in [6.45, 7) is 3.56. The van der Waals surface area contributed by atoms with Gasteiger partial charge in [-0.3, -0.25) is 0 Å². The molecule has 0 radical (unpaired) electrons. The Labute approximate surface area is 146 Å². The molecule has 1 aromatic carbocycles. The third-order valence-corrected chi connectivity index (χ3v) is 3.78. The van der Waals surface area contributed by atoms with Gasteiger partial charge in [0.2, 0.25) is 10.0 Å². The normalized spacial score (nSPS) is 12.9. The van der Waals surface area contributed by atoms with Gasteiger partial charge in [-0.25, -0.2) is 18.1 Å². The quantitative estimate of drug-likeness (QED) is 0.364. The van der Waals surface area contributed by atoms with E-state index in [0.717, 1.165) is 18.4 Å². The molecule has 142 valence electrons. The zero-order valence-corrected chi connectivity index (χ0v) is 15.0. The second kappa shape index (κ2) is 9.62. The standard InChI is InChI=1S/C15H23F3N4O2S/c1-3-19-14(20-9-4-10-22-25(2,23)24)21-11-12-5-7-13(8-6-12)15(16,17)18/h5-8,22H,3-4,9-11H2,1-2H3,(H2,19,20,21). The summed E-state index contributed by atoms with van der Waals surface area (Å²) >= 11 is 0. The number of rotatable bonds is 8. The van der Waals surface area contributed by atoms with E-state index in [4.69, 9.17) is 0 Å². The molecule has 0 heterocycles. The van der Waals surface area contributed by atoms with Crippen molar-refractivity contribution >= 4 is 16.0 Å². The molecule has 0 amide bonds. The maximum absolute atomic E-state index is 12.5. The zero-order chi connectivity index (χ0) is 18.9. The van der Waals surface area contributed by atoms with Crippen LogP contribution in [0.5, 0.6) is 0 Å². The molecule has 0 aliphatic heterocycles. The lowest BCUT2D eigenvalue weighted by molar-refractivity contribution is -0.137. The van der Waals surface area contributed by atoms with Crippen LogP contribution in [0.4, 0.5) is 13.2 Å². The second-order valence-electron chi connectivity index (χ2n) is 5.34. The summed E-state index contributed by atoms with van der Waals surface area (Å²) in [7, 11) is -3.20. The van der Waals surface area contributed by atoms with Crippen molar-refractivity contribution in [2.75, 3.05) is 25.9 Å². The zero-order valence-electron chi connectivity index (χ0n) is 14.2. The lowest BCUT2D eigenvalue weighted by Gasteiger charge is -2.11. The van der Waals surface area contributed by atoms with Gasteiger partial charge in [0.1, 0.15) is 0 Å². The molecule has 0 saturated carbocycles. The van der Waals surface area contributed by atoms with Crippen LogP contribution in [0.2, 0.25) is 0 Å². The van der Waals surface area contributed by atoms with Crippen molar-refractivity contribution in [1.29, 1.82) is 0 Å². The smallest absolute Gasteiger partial charge is 0.357 e. The van der Waals surface area contributed by atoms with Gasteiger partial charge in [-0.1, -0.05) is 12.1 Å². The molecule has 1 aromatic rings. The number of sulfonamides is 1. The molecule has 25 heavy (non-hydrogen) atoms. The molecule has 0 bridgehead atoms. The van der Waals surface area contributed by atoms with Gasteiger partial charge < -0.3 is 10.6 Å². The summed E-state index contributed by atoms with van der Waals surface area (Å²) in [6.07, 6.45) is -2.69. The average molecular weight is 380 g/mol. The SMILES string of the molecule is CCNC(=NCc1ccc(C(F)(F)F)cc1)NCCCNS(C)(=O)=O. The molecule has 0 unspecified atom stereocenters. The van der Waals surface area contributed by atoms with Crippen LogP contribution in [0, 0.1) is 0 Å². The predicted octanol–water partition coefficient (Wildman–Crippen LogP) is 1.70. The molecule has 0 aromatic heterocycles. The first-order valence-corrected chi connectivity index (χ1v) is 9.64. The number of nitrogens with one attached hydrogen (secondary N) is 3. The first kappa shape index (κ1) is 21.2. The highest BCUT2D eigenvalue weighted by Gasteiger charge is 2.29. The first-order valence-electron chi connectivity index (χ1n) is 7.75. The number of halogens is 3. The minimum Gasteiger partial charge on any atom is -0.357 e. The van der Waals surface area contributed by atoms with Crippen molar-refractivity contribution in [3.8, 4) is 0 Å². The molecular weight excluding hydrogens is 357 g/mol. The molecule has 0 aliphatic carbocycles. The summed E-state index contributed by atoms with van der Waals surface area (Å²) in [5.74, 6) is 0.516. The average Bonchev–Trinajstić information content (AvgIpc) is 2.50. The van der Waals surface area contributed by atoms with Crippen LogP contribution in [0.15, 0.2) is 29.3 Å². The monoisotopic (exact) mass is 380 g/mol. The predicted molar refractivity (Wildman–Crippen MR) is 91.7 cm³/mol. The molecule has 6 nitrogen and oxygen atoms in total. The van der Waals surface area contributed by atoms with Gasteiger partial charge in [-0.05, 0) is 31.0 Å². The minimum atomic E-state index is -4.35. The van der Waals surface area contributed by atoms with Gasteiger partial charge >= 0.3 is 6.18 Å². The number of hydrogen-bond donors (Lipinski definition) is 3. The van der Waals surface area contributed by atoms with Gasteiger partial charge in [-0.2, -0.15) is 13.2 Å². The fraction of sp³-hybridized carbons (Fsp3) is 0.533. The number of hydrogen-bond acceptors (Lipinski definition) is 3. The Morgan fingerprint density at radius 2 is 1.76 bits per heavy atom. The van der Waals surface area contributed by atoms with Crippen LogP contribution in [-0.2, 0) is 22.7 Å². The lowest BCUT2D eigenvalue weighted by Crippen LogP contribution is -2.38. The largest absolute Gasteiger partial charge is 0.416 e. The Morgan fingerprint density at radius 1 is 1.12 bits per heavy atom. The van der Waals surface area contributed by atoms with E-state index in [1.54, 1.807) is 0 Å². The molecule has 3 N–H and O–H groups in total. The van der Waals surface area contributed by atoms with Gasteiger partial charge in [0.15, 0.2) is 5.96 Å². The van der Waals surface area contributed by atoms with Crippen LogP contribution in [0.1, 0.15) is 24.5 Å². The van der Waals surface area contributed by atoms with Gasteiger partial charge in [-0.15, -0.1) is 0 Å². The number of benzene rings is 1. The van der Waals surface area contributed by atoms with E-state index in [1.165, 1.54) is 12.1 Å². The van der Waals surface area contributed by atoms with E-state index in [-0.39, 0.29) is 6.54 Å². The minimum absolute atomic E-state index is 0.231. The highest BCUT2D eigenvalue weighted by atomic mass is 32.2. The van der Waals surface area contributed by atoms with Gasteiger partial charge in [0, 0.05) is 19.6 Å². The molecule has 0 fully saturated rings. The van der Waals surface area contributed by atoms with E-state index in [2.05, 4.69) is 20.3 Å². The third-order valence-electron chi connectivity index (χ3n) is 3.06. The van der Waals surface area contributed by atoms with Crippen LogP contribution >= 0.6 is 0 Å². The van der Waals surface area contributed by atoms with Crippen molar-refractivity contribution in [2.45, 2.75) is 26.1 Å². The van der Waals surface area contributed by atoms with Crippen LogP contribution in [-0.4, -0.2) is 40.3 Å². The molecule has 0 spiro atoms. The van der Waals surface area contributed by atoms with Gasteiger partial charge in [0.25, 0.3) is 0 Å². The molecule has 0 saturated heterocycles. The fourth-order valence-electron chi connectivity index (χ4n) is 1.86. The summed E-state index contributed by atoms with van der Waals surface area (Å²) in [6, 6.07) is 4.85. The van der Waals surface area contributed by atoms with E-state index in [1.807, 2.05) is 6.92 Å². The van der Waals surface area contributed by atoms with Crippen molar-refractivity contribution in [1.82, 2.24) is 15.4 Å². The van der Waals surface area contributed by atoms with E-state index < -0.39 is 21.8 Å². The molecule has 0 aliphatic rings. The Bertz CT molecular complexity index is 658. The Kier molecular flexibility index (Phi) is 8.17. The summed E-state index contributed by atoms with van der Waals surface area (Å²) < 4.78 is 61.8. The number of nitrogens with zero attached hydrogens (tertiary/aromatic N) is 1. The van der Waals surface area contributed by atoms with Crippen molar-refractivity contribution in [3.63, 3.8) is 0 Å². The third kappa shape index (κ3) is 9.30. The van der Waals surface area contributed by atoms with Crippen molar-refractivity contribution in [2.24, 2.45) is 4.99 Å². The number of guanidine groups is 1. The van der Waals surface area contributed by atoms with Crippen LogP contribution < -0.4 is 15.4 Å². The second-order valence-corrected chi connectivity index (χ2v) is 7.17.